The molecule has 2 atom stereocenters. The van der Waals surface area contributed by atoms with E-state index in [-0.39, 0.29) is 0 Å². The van der Waals surface area contributed by atoms with Crippen molar-refractivity contribution in [3.8, 4) is 0 Å². The van der Waals surface area contributed by atoms with E-state index in [1.165, 1.54) is 18.4 Å². The first-order valence-corrected chi connectivity index (χ1v) is 6.67. The van der Waals surface area contributed by atoms with Crippen LogP contribution in [0.4, 0.5) is 0 Å². The standard InChI is InChI=1S/C12H12BrClN2/c13-12-10(14)4-8(6-16-12)9-3-1-2-7-5-15-11(7)9/h3-4,6-7,11,15H,1-2,5H2/t7-,11+/m1/s1. The lowest BCUT2D eigenvalue weighted by Gasteiger charge is -2.42. The molecule has 0 bridgehead atoms. The van der Waals surface area contributed by atoms with Crippen LogP contribution in [-0.2, 0) is 0 Å². The lowest BCUT2D eigenvalue weighted by Crippen LogP contribution is -2.54. The van der Waals surface area contributed by atoms with Crippen LogP contribution in [0.2, 0.25) is 5.02 Å². The van der Waals surface area contributed by atoms with Crippen molar-refractivity contribution in [1.82, 2.24) is 10.3 Å². The van der Waals surface area contributed by atoms with Crippen LogP contribution in [-0.4, -0.2) is 17.6 Å². The van der Waals surface area contributed by atoms with E-state index >= 15 is 0 Å². The number of hydrogen-bond acceptors (Lipinski definition) is 2. The zero-order valence-corrected chi connectivity index (χ0v) is 11.1. The van der Waals surface area contributed by atoms with Crippen molar-refractivity contribution in [3.05, 3.63) is 33.5 Å². The molecule has 4 heteroatoms. The van der Waals surface area contributed by atoms with Crippen LogP contribution in [0.15, 0.2) is 22.9 Å². The van der Waals surface area contributed by atoms with Crippen molar-refractivity contribution in [1.29, 1.82) is 0 Å². The van der Waals surface area contributed by atoms with Crippen molar-refractivity contribution < 1.29 is 0 Å². The summed E-state index contributed by atoms with van der Waals surface area (Å²) in [4.78, 5) is 4.25. The molecule has 1 aromatic heterocycles. The van der Waals surface area contributed by atoms with Gasteiger partial charge in [-0.2, -0.15) is 0 Å². The average Bonchev–Trinajstić information content (AvgIpc) is 2.24. The molecule has 1 N–H and O–H groups in total. The fraction of sp³-hybridized carbons (Fsp3) is 0.417. The molecule has 2 heterocycles. The number of fused-ring (bicyclic) bond motifs is 1. The van der Waals surface area contributed by atoms with Gasteiger partial charge in [0.2, 0.25) is 0 Å². The van der Waals surface area contributed by atoms with Crippen LogP contribution in [0, 0.1) is 5.92 Å². The third kappa shape index (κ3) is 1.71. The molecule has 1 saturated heterocycles. The van der Waals surface area contributed by atoms with Gasteiger partial charge < -0.3 is 5.32 Å². The molecule has 0 radical (unpaired) electrons. The van der Waals surface area contributed by atoms with Gasteiger partial charge in [0.05, 0.1) is 5.02 Å². The summed E-state index contributed by atoms with van der Waals surface area (Å²) < 4.78 is 0.715. The highest BCUT2D eigenvalue weighted by molar-refractivity contribution is 9.10. The van der Waals surface area contributed by atoms with Crippen LogP contribution >= 0.6 is 27.5 Å². The quantitative estimate of drug-likeness (QED) is 0.805. The summed E-state index contributed by atoms with van der Waals surface area (Å²) >= 11 is 9.39. The summed E-state index contributed by atoms with van der Waals surface area (Å²) in [6, 6.07) is 2.51. The first-order valence-electron chi connectivity index (χ1n) is 5.50. The van der Waals surface area contributed by atoms with Gasteiger partial charge in [0.15, 0.2) is 0 Å². The van der Waals surface area contributed by atoms with Gasteiger partial charge in [-0.25, -0.2) is 4.98 Å². The molecule has 3 rings (SSSR count). The smallest absolute Gasteiger partial charge is 0.124 e. The molecular weight excluding hydrogens is 288 g/mol. The van der Waals surface area contributed by atoms with E-state index in [1.54, 1.807) is 0 Å². The maximum absolute atomic E-state index is 6.08. The zero-order chi connectivity index (χ0) is 11.1. The maximum atomic E-state index is 6.08. The fourth-order valence-corrected chi connectivity index (χ4v) is 2.87. The Morgan fingerprint density at radius 1 is 1.50 bits per heavy atom. The third-order valence-electron chi connectivity index (χ3n) is 3.44. The van der Waals surface area contributed by atoms with Gasteiger partial charge in [0.25, 0.3) is 0 Å². The second-order valence-corrected chi connectivity index (χ2v) is 5.54. The van der Waals surface area contributed by atoms with Crippen LogP contribution in [0.1, 0.15) is 18.4 Å². The number of nitrogens with one attached hydrogen (secondary N) is 1. The molecule has 1 fully saturated rings. The van der Waals surface area contributed by atoms with Crippen LogP contribution in [0.25, 0.3) is 5.57 Å². The average molecular weight is 300 g/mol. The van der Waals surface area contributed by atoms with Gasteiger partial charge in [-0.3, -0.25) is 0 Å². The summed E-state index contributed by atoms with van der Waals surface area (Å²) in [5.41, 5.74) is 2.51. The van der Waals surface area contributed by atoms with E-state index in [9.17, 15) is 0 Å². The van der Waals surface area contributed by atoms with Crippen molar-refractivity contribution in [2.45, 2.75) is 18.9 Å². The Kier molecular flexibility index (Phi) is 2.78. The Balaban J connectivity index is 1.96. The number of nitrogens with zero attached hydrogens (tertiary/aromatic N) is 1. The van der Waals surface area contributed by atoms with Crippen LogP contribution in [0.5, 0.6) is 0 Å². The minimum atomic E-state index is 0.521. The van der Waals surface area contributed by atoms with Gasteiger partial charge in [0.1, 0.15) is 4.60 Å². The van der Waals surface area contributed by atoms with Gasteiger partial charge in [-0.15, -0.1) is 0 Å². The van der Waals surface area contributed by atoms with Crippen LogP contribution < -0.4 is 5.32 Å². The molecule has 2 aliphatic rings. The Hall–Kier alpha value is -0.380. The largest absolute Gasteiger partial charge is 0.309 e. The SMILES string of the molecule is Clc1cc(C2=CCC[C@@H]3CN[C@H]23)cnc1Br. The summed E-state index contributed by atoms with van der Waals surface area (Å²) in [6.07, 6.45) is 6.68. The lowest BCUT2D eigenvalue weighted by atomic mass is 9.76. The predicted molar refractivity (Wildman–Crippen MR) is 69.4 cm³/mol. The summed E-state index contributed by atoms with van der Waals surface area (Å²) in [6.45, 7) is 1.15. The number of aromatic nitrogens is 1. The van der Waals surface area contributed by atoms with Crippen molar-refractivity contribution in [3.63, 3.8) is 0 Å². The number of hydrogen-bond donors (Lipinski definition) is 1. The molecule has 0 amide bonds. The summed E-state index contributed by atoms with van der Waals surface area (Å²) in [5.74, 6) is 0.808. The Morgan fingerprint density at radius 3 is 3.06 bits per heavy atom. The van der Waals surface area contributed by atoms with Gasteiger partial charge >= 0.3 is 0 Å². The Morgan fingerprint density at radius 2 is 2.38 bits per heavy atom. The topological polar surface area (TPSA) is 24.9 Å². The first-order chi connectivity index (χ1) is 7.75. The Labute approximate surface area is 108 Å². The van der Waals surface area contributed by atoms with Crippen molar-refractivity contribution in [2.24, 2.45) is 5.92 Å². The molecule has 0 aromatic carbocycles. The fourth-order valence-electron chi connectivity index (χ4n) is 2.49. The molecule has 2 nitrogen and oxygen atoms in total. The molecular formula is C12H12BrClN2. The number of rotatable bonds is 1. The number of allylic oxidation sites excluding steroid dienone is 1. The van der Waals surface area contributed by atoms with E-state index in [0.29, 0.717) is 15.7 Å². The minimum absolute atomic E-state index is 0.521. The van der Waals surface area contributed by atoms with Gasteiger partial charge in [-0.1, -0.05) is 17.7 Å². The molecule has 0 saturated carbocycles. The maximum Gasteiger partial charge on any atom is 0.124 e. The Bertz CT molecular complexity index is 458. The zero-order valence-electron chi connectivity index (χ0n) is 8.71. The van der Waals surface area contributed by atoms with E-state index in [4.69, 9.17) is 11.6 Å². The highest BCUT2D eigenvalue weighted by Gasteiger charge is 2.35. The predicted octanol–water partition coefficient (Wildman–Crippen LogP) is 3.26. The molecule has 1 aromatic rings. The van der Waals surface area contributed by atoms with E-state index in [2.05, 4.69) is 32.3 Å². The monoisotopic (exact) mass is 298 g/mol. The molecule has 0 spiro atoms. The van der Waals surface area contributed by atoms with E-state index in [1.807, 2.05) is 12.3 Å². The summed E-state index contributed by atoms with van der Waals surface area (Å²) in [7, 11) is 0. The molecule has 16 heavy (non-hydrogen) atoms. The van der Waals surface area contributed by atoms with E-state index < -0.39 is 0 Å². The first kappa shape index (κ1) is 10.8. The molecule has 1 aliphatic heterocycles. The van der Waals surface area contributed by atoms with Crippen molar-refractivity contribution >= 4 is 33.1 Å². The van der Waals surface area contributed by atoms with Gasteiger partial charge in [-0.05, 0) is 51.9 Å². The number of pyridine rings is 1. The summed E-state index contributed by atoms with van der Waals surface area (Å²) in [5, 5.41) is 4.16. The normalized spacial score (nSPS) is 28.0. The van der Waals surface area contributed by atoms with Crippen LogP contribution in [0.3, 0.4) is 0 Å². The lowest BCUT2D eigenvalue weighted by molar-refractivity contribution is 0.262. The van der Waals surface area contributed by atoms with Gasteiger partial charge in [0, 0.05) is 18.8 Å². The highest BCUT2D eigenvalue weighted by atomic mass is 79.9. The van der Waals surface area contributed by atoms with Crippen molar-refractivity contribution in [2.75, 3.05) is 6.54 Å². The van der Waals surface area contributed by atoms with E-state index in [0.717, 1.165) is 18.0 Å². The highest BCUT2D eigenvalue weighted by Crippen LogP contribution is 2.36. The molecule has 84 valence electrons. The third-order valence-corrected chi connectivity index (χ3v) is 4.59. The second-order valence-electron chi connectivity index (χ2n) is 4.38. The number of halogens is 2. The molecule has 0 unspecified atom stereocenters. The minimum Gasteiger partial charge on any atom is -0.309 e. The second kappa shape index (κ2) is 4.13. The molecule has 1 aliphatic carbocycles.